The van der Waals surface area contributed by atoms with E-state index in [0.717, 1.165) is 25.2 Å². The van der Waals surface area contributed by atoms with Crippen molar-refractivity contribution in [2.45, 2.75) is 25.4 Å². The Labute approximate surface area is 99.7 Å². The standard InChI is InChI=1S/C12H16N2O3/c1-12(17)5-2-6-14(8-12)10-4-3-9(7-13-10)11(15)16/h3-4,7,17H,2,5-6,8H2,1H3,(H,15,16). The summed E-state index contributed by atoms with van der Waals surface area (Å²) in [6, 6.07) is 3.22. The van der Waals surface area contributed by atoms with E-state index in [-0.39, 0.29) is 5.56 Å². The fraction of sp³-hybridized carbons (Fsp3) is 0.500. The molecule has 0 saturated carbocycles. The molecular formula is C12H16N2O3. The molecule has 2 heterocycles. The van der Waals surface area contributed by atoms with E-state index in [4.69, 9.17) is 5.11 Å². The Morgan fingerprint density at radius 3 is 2.82 bits per heavy atom. The molecule has 2 rings (SSSR count). The lowest BCUT2D eigenvalue weighted by Crippen LogP contribution is -2.46. The highest BCUT2D eigenvalue weighted by atomic mass is 16.4. The second kappa shape index (κ2) is 4.33. The van der Waals surface area contributed by atoms with Crippen molar-refractivity contribution in [1.82, 2.24) is 4.98 Å². The van der Waals surface area contributed by atoms with E-state index >= 15 is 0 Å². The minimum Gasteiger partial charge on any atom is -0.478 e. The average Bonchev–Trinajstić information content (AvgIpc) is 2.28. The van der Waals surface area contributed by atoms with Crippen LogP contribution in [0.3, 0.4) is 0 Å². The summed E-state index contributed by atoms with van der Waals surface area (Å²) in [6.45, 7) is 3.19. The summed E-state index contributed by atoms with van der Waals surface area (Å²) in [6.07, 6.45) is 3.05. The van der Waals surface area contributed by atoms with E-state index in [1.54, 1.807) is 6.07 Å². The van der Waals surface area contributed by atoms with Gasteiger partial charge in [0.05, 0.1) is 11.2 Å². The summed E-state index contributed by atoms with van der Waals surface area (Å²) in [5, 5.41) is 18.8. The first-order chi connectivity index (χ1) is 7.98. The predicted molar refractivity (Wildman–Crippen MR) is 63.3 cm³/mol. The topological polar surface area (TPSA) is 73.7 Å². The van der Waals surface area contributed by atoms with Gasteiger partial charge in [-0.1, -0.05) is 0 Å². The maximum absolute atomic E-state index is 10.7. The highest BCUT2D eigenvalue weighted by molar-refractivity contribution is 5.87. The van der Waals surface area contributed by atoms with Crippen LogP contribution in [0.4, 0.5) is 5.82 Å². The molecule has 92 valence electrons. The van der Waals surface area contributed by atoms with Gasteiger partial charge in [-0.25, -0.2) is 9.78 Å². The van der Waals surface area contributed by atoms with Gasteiger partial charge in [0.2, 0.25) is 0 Å². The molecule has 1 aromatic rings. The molecule has 1 saturated heterocycles. The van der Waals surface area contributed by atoms with Crippen molar-refractivity contribution in [3.63, 3.8) is 0 Å². The summed E-state index contributed by atoms with van der Waals surface area (Å²) in [4.78, 5) is 16.8. The molecular weight excluding hydrogens is 220 g/mol. The van der Waals surface area contributed by atoms with Gasteiger partial charge in [-0.3, -0.25) is 0 Å². The number of hydrogen-bond acceptors (Lipinski definition) is 4. The zero-order valence-corrected chi connectivity index (χ0v) is 9.76. The first-order valence-corrected chi connectivity index (χ1v) is 5.65. The molecule has 1 unspecified atom stereocenters. The number of nitrogens with zero attached hydrogens (tertiary/aromatic N) is 2. The van der Waals surface area contributed by atoms with Gasteiger partial charge in [0.1, 0.15) is 5.82 Å². The number of aromatic carboxylic acids is 1. The Morgan fingerprint density at radius 2 is 2.29 bits per heavy atom. The van der Waals surface area contributed by atoms with E-state index in [0.29, 0.717) is 6.54 Å². The number of carboxylic acids is 1. The highest BCUT2D eigenvalue weighted by Gasteiger charge is 2.28. The molecule has 0 amide bonds. The number of β-amino-alcohol motifs (C(OH)–C–C–N with tert-alkyl or cyclic N) is 1. The van der Waals surface area contributed by atoms with Crippen LogP contribution in [0, 0.1) is 0 Å². The van der Waals surface area contributed by atoms with Gasteiger partial charge in [-0.2, -0.15) is 0 Å². The summed E-state index contributed by atoms with van der Waals surface area (Å²) in [5.74, 6) is -0.260. The molecule has 1 aliphatic rings. The van der Waals surface area contributed by atoms with E-state index in [1.165, 1.54) is 12.3 Å². The normalized spacial score (nSPS) is 24.7. The number of pyridine rings is 1. The van der Waals surface area contributed by atoms with Gasteiger partial charge in [0, 0.05) is 19.3 Å². The number of aliphatic hydroxyl groups is 1. The van der Waals surface area contributed by atoms with Crippen LogP contribution in [0.2, 0.25) is 0 Å². The van der Waals surface area contributed by atoms with E-state index in [1.807, 2.05) is 11.8 Å². The van der Waals surface area contributed by atoms with Crippen LogP contribution >= 0.6 is 0 Å². The fourth-order valence-corrected chi connectivity index (χ4v) is 2.12. The second-order valence-corrected chi connectivity index (χ2v) is 4.73. The molecule has 0 radical (unpaired) electrons. The third-order valence-electron chi connectivity index (χ3n) is 2.99. The third-order valence-corrected chi connectivity index (χ3v) is 2.99. The lowest BCUT2D eigenvalue weighted by molar-refractivity contribution is 0.0446. The molecule has 5 nitrogen and oxygen atoms in total. The van der Waals surface area contributed by atoms with Gasteiger partial charge in [0.25, 0.3) is 0 Å². The van der Waals surface area contributed by atoms with Crippen molar-refractivity contribution >= 4 is 11.8 Å². The fourth-order valence-electron chi connectivity index (χ4n) is 2.12. The van der Waals surface area contributed by atoms with Crippen molar-refractivity contribution in [3.05, 3.63) is 23.9 Å². The summed E-state index contributed by atoms with van der Waals surface area (Å²) in [5.41, 5.74) is -0.511. The van der Waals surface area contributed by atoms with Gasteiger partial charge in [-0.05, 0) is 31.9 Å². The summed E-state index contributed by atoms with van der Waals surface area (Å²) in [7, 11) is 0. The van der Waals surface area contributed by atoms with Crippen molar-refractivity contribution in [2.75, 3.05) is 18.0 Å². The van der Waals surface area contributed by atoms with Crippen LogP contribution in [0.25, 0.3) is 0 Å². The van der Waals surface area contributed by atoms with E-state index in [2.05, 4.69) is 4.98 Å². The Bertz CT molecular complexity index is 414. The van der Waals surface area contributed by atoms with Crippen LogP contribution in [-0.2, 0) is 0 Å². The molecule has 1 fully saturated rings. The lowest BCUT2D eigenvalue weighted by Gasteiger charge is -2.37. The number of aromatic nitrogens is 1. The maximum atomic E-state index is 10.7. The monoisotopic (exact) mass is 236 g/mol. The number of piperidine rings is 1. The zero-order chi connectivity index (χ0) is 12.5. The first-order valence-electron chi connectivity index (χ1n) is 5.65. The molecule has 1 aliphatic heterocycles. The number of carboxylic acid groups (broad SMARTS) is 1. The number of carbonyl (C=O) groups is 1. The molecule has 2 N–H and O–H groups in total. The molecule has 0 spiro atoms. The maximum Gasteiger partial charge on any atom is 0.337 e. The van der Waals surface area contributed by atoms with Crippen LogP contribution in [-0.4, -0.2) is 39.9 Å². The molecule has 0 aliphatic carbocycles. The van der Waals surface area contributed by atoms with Gasteiger partial charge < -0.3 is 15.1 Å². The van der Waals surface area contributed by atoms with E-state index < -0.39 is 11.6 Å². The summed E-state index contributed by atoms with van der Waals surface area (Å²) < 4.78 is 0. The lowest BCUT2D eigenvalue weighted by atomic mass is 9.95. The molecule has 1 atom stereocenters. The largest absolute Gasteiger partial charge is 0.478 e. The second-order valence-electron chi connectivity index (χ2n) is 4.73. The zero-order valence-electron chi connectivity index (χ0n) is 9.76. The van der Waals surface area contributed by atoms with Crippen LogP contribution in [0.5, 0.6) is 0 Å². The van der Waals surface area contributed by atoms with Crippen molar-refractivity contribution in [3.8, 4) is 0 Å². The third kappa shape index (κ3) is 2.74. The van der Waals surface area contributed by atoms with E-state index in [9.17, 15) is 9.90 Å². The number of hydrogen-bond donors (Lipinski definition) is 2. The Balaban J connectivity index is 2.14. The van der Waals surface area contributed by atoms with Crippen molar-refractivity contribution in [1.29, 1.82) is 0 Å². The number of anilines is 1. The van der Waals surface area contributed by atoms with Gasteiger partial charge in [0.15, 0.2) is 0 Å². The smallest absolute Gasteiger partial charge is 0.337 e. The van der Waals surface area contributed by atoms with Crippen molar-refractivity contribution < 1.29 is 15.0 Å². The molecule has 17 heavy (non-hydrogen) atoms. The predicted octanol–water partition coefficient (Wildman–Crippen LogP) is 1.13. The molecule has 0 bridgehead atoms. The Hall–Kier alpha value is -1.62. The van der Waals surface area contributed by atoms with Crippen LogP contribution in [0.1, 0.15) is 30.1 Å². The Morgan fingerprint density at radius 1 is 1.53 bits per heavy atom. The number of rotatable bonds is 2. The minimum atomic E-state index is -0.977. The Kier molecular flexibility index (Phi) is 3.02. The summed E-state index contributed by atoms with van der Waals surface area (Å²) >= 11 is 0. The van der Waals surface area contributed by atoms with Crippen LogP contribution in [0.15, 0.2) is 18.3 Å². The van der Waals surface area contributed by atoms with Crippen molar-refractivity contribution in [2.24, 2.45) is 0 Å². The SMILES string of the molecule is CC1(O)CCCN(c2ccc(C(=O)O)cn2)C1. The molecule has 1 aromatic heterocycles. The first kappa shape index (κ1) is 11.9. The minimum absolute atomic E-state index is 0.178. The van der Waals surface area contributed by atoms with Gasteiger partial charge >= 0.3 is 5.97 Å². The average molecular weight is 236 g/mol. The van der Waals surface area contributed by atoms with Gasteiger partial charge in [-0.15, -0.1) is 0 Å². The molecule has 5 heteroatoms. The molecule has 0 aromatic carbocycles. The highest BCUT2D eigenvalue weighted by Crippen LogP contribution is 2.24. The van der Waals surface area contributed by atoms with Crippen LogP contribution < -0.4 is 4.90 Å². The quantitative estimate of drug-likeness (QED) is 0.805.